The molecule has 4 atom stereocenters. The van der Waals surface area contributed by atoms with Crippen LogP contribution in [-0.2, 0) is 20.4 Å². The Morgan fingerprint density at radius 3 is 2.47 bits per heavy atom. The van der Waals surface area contributed by atoms with Crippen LogP contribution in [-0.4, -0.2) is 39.2 Å². The number of carbonyl (C=O) groups is 2. The van der Waals surface area contributed by atoms with E-state index in [-0.39, 0.29) is 11.2 Å². The topological polar surface area (TPSA) is 83.5 Å². The molecule has 0 fully saturated rings. The highest BCUT2D eigenvalue weighted by molar-refractivity contribution is 7.84. The number of amides is 1. The van der Waals surface area contributed by atoms with Crippen molar-refractivity contribution in [2.45, 2.75) is 31.4 Å². The van der Waals surface area contributed by atoms with E-state index in [0.717, 1.165) is 0 Å². The van der Waals surface area contributed by atoms with E-state index < -0.39 is 28.6 Å². The Morgan fingerprint density at radius 2 is 1.95 bits per heavy atom. The molecule has 2 N–H and O–H groups in total. The molecule has 0 bridgehead atoms. The molecule has 0 aromatic rings. The number of aliphatic carboxylic acids is 1. The number of hydrogen-bond donors (Lipinski definition) is 2. The Morgan fingerprint density at radius 1 is 1.37 bits per heavy atom. The first-order chi connectivity index (χ1) is 8.93. The number of hydrogen-bond acceptors (Lipinski definition) is 3. The predicted octanol–water partition coefficient (Wildman–Crippen LogP) is 0.927. The minimum absolute atomic E-state index is 0.0295. The molecule has 0 aromatic heterocycles. The Kier molecular flexibility index (Phi) is 6.21. The third-order valence-corrected chi connectivity index (χ3v) is 4.87. The van der Waals surface area contributed by atoms with Gasteiger partial charge in [-0.3, -0.25) is 13.8 Å². The molecule has 1 aliphatic rings. The lowest BCUT2D eigenvalue weighted by Gasteiger charge is -2.24. The molecular formula is C13H21NO4S. The van der Waals surface area contributed by atoms with E-state index in [1.165, 1.54) is 0 Å². The highest BCUT2D eigenvalue weighted by Gasteiger charge is 2.33. The molecule has 1 aliphatic carbocycles. The average Bonchev–Trinajstić information content (AvgIpc) is 2.38. The Labute approximate surface area is 115 Å². The predicted molar refractivity (Wildman–Crippen MR) is 74.1 cm³/mol. The van der Waals surface area contributed by atoms with Crippen LogP contribution in [0.25, 0.3) is 0 Å². The lowest BCUT2D eigenvalue weighted by molar-refractivity contribution is -0.147. The summed E-state index contributed by atoms with van der Waals surface area (Å²) in [5, 5.41) is 11.9. The zero-order chi connectivity index (χ0) is 14.4. The first kappa shape index (κ1) is 15.9. The van der Waals surface area contributed by atoms with Gasteiger partial charge in [-0.05, 0) is 19.3 Å². The second-order valence-corrected chi connectivity index (χ2v) is 6.68. The lowest BCUT2D eigenvalue weighted by Crippen LogP contribution is -2.39. The van der Waals surface area contributed by atoms with Gasteiger partial charge in [0.2, 0.25) is 5.91 Å². The molecule has 0 saturated carbocycles. The number of nitrogens with one attached hydrogen (secondary N) is 1. The Bertz CT molecular complexity index is 394. The monoisotopic (exact) mass is 287 g/mol. The number of carbonyl (C=O) groups excluding carboxylic acids is 1. The first-order valence-corrected chi connectivity index (χ1v) is 8.03. The number of rotatable bonds is 6. The SMILES string of the molecule is CC(CCNC(=O)[C@@H]1CC=CC[C@@H]1C(=O)O)S(C)=O. The Balaban J connectivity index is 2.46. The molecule has 19 heavy (non-hydrogen) atoms. The Hall–Kier alpha value is -1.17. The van der Waals surface area contributed by atoms with Crippen molar-refractivity contribution in [1.29, 1.82) is 0 Å². The van der Waals surface area contributed by atoms with E-state index in [0.29, 0.717) is 25.8 Å². The van der Waals surface area contributed by atoms with Crippen molar-refractivity contribution < 1.29 is 18.9 Å². The largest absolute Gasteiger partial charge is 0.481 e. The van der Waals surface area contributed by atoms with Gasteiger partial charge in [-0.25, -0.2) is 0 Å². The molecule has 1 amide bonds. The second kappa shape index (κ2) is 7.43. The van der Waals surface area contributed by atoms with Gasteiger partial charge < -0.3 is 10.4 Å². The van der Waals surface area contributed by atoms with Gasteiger partial charge in [0.05, 0.1) is 11.8 Å². The van der Waals surface area contributed by atoms with Crippen molar-refractivity contribution >= 4 is 22.7 Å². The van der Waals surface area contributed by atoms with Crippen molar-refractivity contribution in [2.75, 3.05) is 12.8 Å². The van der Waals surface area contributed by atoms with Crippen LogP contribution in [0.1, 0.15) is 26.2 Å². The van der Waals surface area contributed by atoms with E-state index >= 15 is 0 Å². The summed E-state index contributed by atoms with van der Waals surface area (Å²) in [6.45, 7) is 2.30. The molecule has 108 valence electrons. The van der Waals surface area contributed by atoms with Gasteiger partial charge in [0.1, 0.15) is 0 Å². The fraction of sp³-hybridized carbons (Fsp3) is 0.692. The van der Waals surface area contributed by atoms with Gasteiger partial charge in [0.15, 0.2) is 0 Å². The minimum atomic E-state index is -0.924. The molecule has 6 heteroatoms. The lowest BCUT2D eigenvalue weighted by atomic mass is 9.82. The van der Waals surface area contributed by atoms with E-state index in [2.05, 4.69) is 5.32 Å². The van der Waals surface area contributed by atoms with Gasteiger partial charge in [0, 0.05) is 28.9 Å². The minimum Gasteiger partial charge on any atom is -0.481 e. The van der Waals surface area contributed by atoms with Crippen LogP contribution in [0.4, 0.5) is 0 Å². The standard InChI is InChI=1S/C13H21NO4S/c1-9(19(2)18)7-8-14-12(15)10-5-3-4-6-11(10)13(16)17/h3-4,9-11H,5-8H2,1-2H3,(H,14,15)(H,16,17)/t9?,10-,11+,19?/m1/s1. The van der Waals surface area contributed by atoms with Crippen LogP contribution >= 0.6 is 0 Å². The first-order valence-electron chi connectivity index (χ1n) is 6.41. The smallest absolute Gasteiger partial charge is 0.307 e. The fourth-order valence-corrected chi connectivity index (χ4v) is 2.52. The molecule has 2 unspecified atom stereocenters. The molecule has 0 radical (unpaired) electrons. The number of carboxylic acid groups (broad SMARTS) is 1. The molecular weight excluding hydrogens is 266 g/mol. The molecule has 1 rings (SSSR count). The van der Waals surface area contributed by atoms with Gasteiger partial charge in [-0.2, -0.15) is 0 Å². The van der Waals surface area contributed by atoms with Gasteiger partial charge in [-0.15, -0.1) is 0 Å². The van der Waals surface area contributed by atoms with Gasteiger partial charge in [0.25, 0.3) is 0 Å². The van der Waals surface area contributed by atoms with Crippen LogP contribution in [0.3, 0.4) is 0 Å². The van der Waals surface area contributed by atoms with Crippen molar-refractivity contribution in [2.24, 2.45) is 11.8 Å². The summed E-state index contributed by atoms with van der Waals surface area (Å²) < 4.78 is 11.2. The number of carboxylic acids is 1. The highest BCUT2D eigenvalue weighted by Crippen LogP contribution is 2.25. The molecule has 0 aliphatic heterocycles. The van der Waals surface area contributed by atoms with E-state index in [1.807, 2.05) is 19.1 Å². The summed E-state index contributed by atoms with van der Waals surface area (Å²) in [5.41, 5.74) is 0. The molecule has 0 heterocycles. The van der Waals surface area contributed by atoms with Gasteiger partial charge >= 0.3 is 5.97 Å². The zero-order valence-corrected chi connectivity index (χ0v) is 12.1. The van der Waals surface area contributed by atoms with Crippen LogP contribution in [0.15, 0.2) is 12.2 Å². The van der Waals surface area contributed by atoms with Gasteiger partial charge in [-0.1, -0.05) is 19.1 Å². The maximum absolute atomic E-state index is 12.0. The van der Waals surface area contributed by atoms with Crippen molar-refractivity contribution in [3.63, 3.8) is 0 Å². The molecule has 0 aromatic carbocycles. The quantitative estimate of drug-likeness (QED) is 0.712. The van der Waals surface area contributed by atoms with Crippen molar-refractivity contribution in [1.82, 2.24) is 5.32 Å². The number of allylic oxidation sites excluding steroid dienone is 2. The highest BCUT2D eigenvalue weighted by atomic mass is 32.2. The van der Waals surface area contributed by atoms with Crippen LogP contribution in [0.2, 0.25) is 0 Å². The summed E-state index contributed by atoms with van der Waals surface area (Å²) in [6, 6.07) is 0. The third kappa shape index (κ3) is 4.78. The molecule has 0 saturated heterocycles. The summed E-state index contributed by atoms with van der Waals surface area (Å²) in [7, 11) is -0.901. The van der Waals surface area contributed by atoms with Crippen molar-refractivity contribution in [3.05, 3.63) is 12.2 Å². The maximum atomic E-state index is 12.0. The van der Waals surface area contributed by atoms with Crippen molar-refractivity contribution in [3.8, 4) is 0 Å². The normalized spacial score (nSPS) is 25.6. The maximum Gasteiger partial charge on any atom is 0.307 e. The van der Waals surface area contributed by atoms with E-state index in [9.17, 15) is 13.8 Å². The van der Waals surface area contributed by atoms with Crippen LogP contribution in [0.5, 0.6) is 0 Å². The van der Waals surface area contributed by atoms with Crippen LogP contribution < -0.4 is 5.32 Å². The summed E-state index contributed by atoms with van der Waals surface area (Å²) in [6.07, 6.45) is 6.81. The zero-order valence-electron chi connectivity index (χ0n) is 11.3. The average molecular weight is 287 g/mol. The summed E-state index contributed by atoms with van der Waals surface area (Å²) in [5.74, 6) is -2.27. The molecule has 5 nitrogen and oxygen atoms in total. The van der Waals surface area contributed by atoms with Crippen LogP contribution in [0, 0.1) is 11.8 Å². The third-order valence-electron chi connectivity index (χ3n) is 3.50. The summed E-state index contributed by atoms with van der Waals surface area (Å²) in [4.78, 5) is 23.1. The van der Waals surface area contributed by atoms with E-state index in [1.54, 1.807) is 6.26 Å². The summed E-state index contributed by atoms with van der Waals surface area (Å²) >= 11 is 0. The second-order valence-electron chi connectivity index (χ2n) is 4.88. The fourth-order valence-electron chi connectivity index (χ4n) is 2.07. The van der Waals surface area contributed by atoms with E-state index in [4.69, 9.17) is 5.11 Å². The molecule has 0 spiro atoms.